The Bertz CT molecular complexity index is 210. The van der Waals surface area contributed by atoms with Crippen LogP contribution in [0, 0.1) is 0 Å². The van der Waals surface area contributed by atoms with E-state index in [1.807, 2.05) is 0 Å². The summed E-state index contributed by atoms with van der Waals surface area (Å²) in [5.41, 5.74) is 3.26. The van der Waals surface area contributed by atoms with Gasteiger partial charge in [-0.15, -0.1) is 0 Å². The van der Waals surface area contributed by atoms with Crippen molar-refractivity contribution in [1.29, 1.82) is 0 Å². The highest BCUT2D eigenvalue weighted by Gasteiger charge is 2.03. The third-order valence-electron chi connectivity index (χ3n) is 1.13. The second-order valence-corrected chi connectivity index (χ2v) is 2.28. The Labute approximate surface area is 64.0 Å². The summed E-state index contributed by atoms with van der Waals surface area (Å²) in [5.74, 6) is 0.0218. The van der Waals surface area contributed by atoms with Crippen molar-refractivity contribution >= 4 is 17.6 Å². The summed E-state index contributed by atoms with van der Waals surface area (Å²) in [7, 11) is 0. The average molecular weight is 159 g/mol. The van der Waals surface area contributed by atoms with Crippen LogP contribution in [0.1, 0.15) is 6.92 Å². The van der Waals surface area contributed by atoms with Gasteiger partial charge in [-0.25, -0.2) is 4.53 Å². The molecule has 1 aliphatic rings. The lowest BCUT2D eigenvalue weighted by Gasteiger charge is -2.14. The topological polar surface area (TPSA) is 32.3 Å². The van der Waals surface area contributed by atoms with E-state index in [1.165, 1.54) is 11.5 Å². The highest BCUT2D eigenvalue weighted by molar-refractivity contribution is 6.14. The quantitative estimate of drug-likeness (QED) is 0.577. The molecule has 0 spiro atoms. The molecular formula is C6H7ClN2O. The number of hydrogen-bond donors (Lipinski definition) is 1. The summed E-state index contributed by atoms with van der Waals surface area (Å²) >= 11 is 5.47. The summed E-state index contributed by atoms with van der Waals surface area (Å²) < 4.78 is 1.24. The van der Waals surface area contributed by atoms with Crippen LogP contribution >= 0.6 is 11.8 Å². The van der Waals surface area contributed by atoms with Crippen molar-refractivity contribution in [3.63, 3.8) is 0 Å². The van der Waals surface area contributed by atoms with Gasteiger partial charge in [0.15, 0.2) is 5.78 Å². The van der Waals surface area contributed by atoms with Crippen LogP contribution in [0.4, 0.5) is 0 Å². The van der Waals surface area contributed by atoms with Crippen molar-refractivity contribution in [2.45, 2.75) is 6.92 Å². The van der Waals surface area contributed by atoms with E-state index in [0.717, 1.165) is 0 Å². The van der Waals surface area contributed by atoms with E-state index in [-0.39, 0.29) is 5.78 Å². The zero-order chi connectivity index (χ0) is 7.56. The smallest absolute Gasteiger partial charge is 0.161 e. The Morgan fingerprint density at radius 1 is 1.80 bits per heavy atom. The van der Waals surface area contributed by atoms with Crippen molar-refractivity contribution < 1.29 is 4.79 Å². The minimum Gasteiger partial charge on any atom is -0.294 e. The standard InChI is InChI=1S/C6H7ClN2O/c1-5(10)6-2-3-9(7)8-4-6/h2-4,8H,1H3. The lowest BCUT2D eigenvalue weighted by Crippen LogP contribution is -2.23. The van der Waals surface area contributed by atoms with Crippen LogP contribution in [0.2, 0.25) is 0 Å². The van der Waals surface area contributed by atoms with E-state index < -0.39 is 0 Å². The molecule has 0 aromatic carbocycles. The van der Waals surface area contributed by atoms with E-state index >= 15 is 0 Å². The molecule has 10 heavy (non-hydrogen) atoms. The molecule has 0 radical (unpaired) electrons. The fraction of sp³-hybridized carbons (Fsp3) is 0.167. The van der Waals surface area contributed by atoms with Crippen molar-refractivity contribution in [2.24, 2.45) is 0 Å². The van der Waals surface area contributed by atoms with Gasteiger partial charge in [0.05, 0.1) is 0 Å². The molecule has 0 aliphatic carbocycles. The summed E-state index contributed by atoms with van der Waals surface area (Å²) in [6.07, 6.45) is 4.76. The number of nitrogens with one attached hydrogen (secondary N) is 1. The monoisotopic (exact) mass is 158 g/mol. The first kappa shape index (κ1) is 7.15. The van der Waals surface area contributed by atoms with Gasteiger partial charge in [0.25, 0.3) is 0 Å². The molecule has 0 saturated heterocycles. The van der Waals surface area contributed by atoms with Crippen LogP contribution in [0.15, 0.2) is 24.0 Å². The molecule has 1 rings (SSSR count). The maximum absolute atomic E-state index is 10.7. The molecule has 0 fully saturated rings. The molecule has 0 atom stereocenters. The van der Waals surface area contributed by atoms with Gasteiger partial charge < -0.3 is 0 Å². The number of halogens is 1. The number of Topliss-reactive ketones (excluding diaryl/α,β-unsaturated/α-hetero) is 1. The zero-order valence-electron chi connectivity index (χ0n) is 5.47. The number of allylic oxidation sites excluding steroid dienone is 2. The van der Waals surface area contributed by atoms with Crippen molar-refractivity contribution in [3.8, 4) is 0 Å². The van der Waals surface area contributed by atoms with Crippen molar-refractivity contribution in [2.75, 3.05) is 0 Å². The summed E-state index contributed by atoms with van der Waals surface area (Å²) in [6.45, 7) is 1.50. The molecule has 0 amide bonds. The predicted molar refractivity (Wildman–Crippen MR) is 38.7 cm³/mol. The molecule has 4 heteroatoms. The number of carbonyl (C=O) groups is 1. The van der Waals surface area contributed by atoms with Crippen LogP contribution < -0.4 is 5.43 Å². The highest BCUT2D eigenvalue weighted by Crippen LogP contribution is 2.04. The number of rotatable bonds is 1. The Hall–Kier alpha value is -0.960. The van der Waals surface area contributed by atoms with Gasteiger partial charge >= 0.3 is 0 Å². The molecule has 1 N–H and O–H groups in total. The van der Waals surface area contributed by atoms with Gasteiger partial charge in [-0.1, -0.05) is 0 Å². The largest absolute Gasteiger partial charge is 0.294 e. The summed E-state index contributed by atoms with van der Waals surface area (Å²) in [4.78, 5) is 10.7. The number of nitrogens with zero attached hydrogens (tertiary/aromatic N) is 1. The minimum atomic E-state index is 0.0218. The van der Waals surface area contributed by atoms with Gasteiger partial charge in [-0.3, -0.25) is 10.2 Å². The minimum absolute atomic E-state index is 0.0218. The van der Waals surface area contributed by atoms with E-state index in [0.29, 0.717) is 5.57 Å². The fourth-order valence-corrected chi connectivity index (χ4v) is 0.692. The van der Waals surface area contributed by atoms with Crippen LogP contribution in [0.5, 0.6) is 0 Å². The maximum atomic E-state index is 10.7. The van der Waals surface area contributed by atoms with Gasteiger partial charge in [0.2, 0.25) is 0 Å². The fourth-order valence-electron chi connectivity index (χ4n) is 0.587. The van der Waals surface area contributed by atoms with Gasteiger partial charge in [-0.2, -0.15) is 0 Å². The Kier molecular flexibility index (Phi) is 1.97. The summed E-state index contributed by atoms with van der Waals surface area (Å²) in [5, 5.41) is 0. The second-order valence-electron chi connectivity index (χ2n) is 1.91. The highest BCUT2D eigenvalue weighted by atomic mass is 35.5. The number of hydrazine groups is 1. The Balaban J connectivity index is 2.67. The van der Waals surface area contributed by atoms with E-state index in [9.17, 15) is 4.79 Å². The van der Waals surface area contributed by atoms with Gasteiger partial charge in [0, 0.05) is 29.7 Å². The Morgan fingerprint density at radius 2 is 2.50 bits per heavy atom. The molecule has 1 heterocycles. The molecule has 0 saturated carbocycles. The van der Waals surface area contributed by atoms with Crippen molar-refractivity contribution in [1.82, 2.24) is 9.95 Å². The number of carbonyl (C=O) groups excluding carboxylic acids is 1. The Morgan fingerprint density at radius 3 is 2.90 bits per heavy atom. The van der Waals surface area contributed by atoms with Crippen LogP contribution in [0.25, 0.3) is 0 Å². The van der Waals surface area contributed by atoms with Crippen LogP contribution in [-0.2, 0) is 4.79 Å². The van der Waals surface area contributed by atoms with Crippen LogP contribution in [0.3, 0.4) is 0 Å². The van der Waals surface area contributed by atoms with E-state index in [1.54, 1.807) is 18.5 Å². The first-order valence-corrected chi connectivity index (χ1v) is 3.14. The van der Waals surface area contributed by atoms with E-state index in [2.05, 4.69) is 5.43 Å². The van der Waals surface area contributed by atoms with Crippen LogP contribution in [-0.4, -0.2) is 10.3 Å². The lowest BCUT2D eigenvalue weighted by molar-refractivity contribution is -0.113. The molecule has 54 valence electrons. The lowest BCUT2D eigenvalue weighted by atomic mass is 10.2. The molecule has 0 aromatic heterocycles. The molecular weight excluding hydrogens is 152 g/mol. The van der Waals surface area contributed by atoms with E-state index in [4.69, 9.17) is 11.8 Å². The molecule has 3 nitrogen and oxygen atoms in total. The first-order valence-electron chi connectivity index (χ1n) is 2.80. The zero-order valence-corrected chi connectivity index (χ0v) is 6.22. The summed E-state index contributed by atoms with van der Waals surface area (Å²) in [6, 6.07) is 0. The second kappa shape index (κ2) is 2.75. The molecule has 0 unspecified atom stereocenters. The first-order chi connectivity index (χ1) is 4.70. The maximum Gasteiger partial charge on any atom is 0.161 e. The SMILES string of the molecule is CC(=O)C1=CNN(Cl)C=C1. The van der Waals surface area contributed by atoms with Crippen molar-refractivity contribution in [3.05, 3.63) is 24.0 Å². The average Bonchev–Trinajstić information content (AvgIpc) is 1.88. The normalized spacial score (nSPS) is 16.2. The van der Waals surface area contributed by atoms with Gasteiger partial charge in [-0.05, 0) is 13.0 Å². The van der Waals surface area contributed by atoms with Gasteiger partial charge in [0.1, 0.15) is 0 Å². The predicted octanol–water partition coefficient (Wildman–Crippen LogP) is 0.947. The molecule has 1 aliphatic heterocycles. The number of hydrogen-bond acceptors (Lipinski definition) is 3. The third-order valence-corrected chi connectivity index (χ3v) is 1.35. The molecule has 0 bridgehead atoms. The third kappa shape index (κ3) is 1.51. The molecule has 0 aromatic rings. The number of ketones is 1.